The third-order valence-electron chi connectivity index (χ3n) is 4.08. The molecule has 0 aromatic heterocycles. The number of aliphatic carboxylic acids is 1. The van der Waals surface area contributed by atoms with Crippen molar-refractivity contribution in [3.05, 3.63) is 42.0 Å². The Labute approximate surface area is 147 Å². The topological polar surface area (TPSA) is 104 Å². The second kappa shape index (κ2) is 7.69. The number of hydrogen-bond donors (Lipinski definition) is 2. The van der Waals surface area contributed by atoms with Crippen LogP contribution in [-0.4, -0.2) is 44.2 Å². The fourth-order valence-electron chi connectivity index (χ4n) is 2.83. The molecule has 8 heteroatoms. The largest absolute Gasteiger partial charge is 0.480 e. The zero-order valence-electron chi connectivity index (χ0n) is 14.1. The van der Waals surface area contributed by atoms with E-state index in [0.717, 1.165) is 11.8 Å². The molecule has 0 saturated carbocycles. The van der Waals surface area contributed by atoms with Gasteiger partial charge in [-0.3, -0.25) is 9.10 Å². The second-order valence-electron chi connectivity index (χ2n) is 6.01. The molecule has 1 aliphatic rings. The van der Waals surface area contributed by atoms with E-state index in [-0.39, 0.29) is 6.42 Å². The van der Waals surface area contributed by atoms with Gasteiger partial charge in [0.1, 0.15) is 6.04 Å². The lowest BCUT2D eigenvalue weighted by Crippen LogP contribution is -2.40. The smallest absolute Gasteiger partial charge is 0.326 e. The number of carbonyl (C=O) groups excluding carboxylic acids is 1. The van der Waals surface area contributed by atoms with Crippen molar-refractivity contribution in [2.24, 2.45) is 0 Å². The number of nitrogens with zero attached hydrogens (tertiary/aromatic N) is 1. The zero-order chi connectivity index (χ0) is 18.6. The van der Waals surface area contributed by atoms with Crippen LogP contribution in [0.5, 0.6) is 0 Å². The Morgan fingerprint density at radius 2 is 2.16 bits per heavy atom. The minimum Gasteiger partial charge on any atom is -0.480 e. The molecule has 2 rings (SSSR count). The van der Waals surface area contributed by atoms with Crippen LogP contribution in [0.1, 0.15) is 35.2 Å². The number of carboxylic acid groups (broad SMARTS) is 1. The summed E-state index contributed by atoms with van der Waals surface area (Å²) in [6.07, 6.45) is 4.83. The Kier molecular flexibility index (Phi) is 5.84. The highest BCUT2D eigenvalue weighted by atomic mass is 32.2. The van der Waals surface area contributed by atoms with Crippen molar-refractivity contribution in [1.82, 2.24) is 5.32 Å². The van der Waals surface area contributed by atoms with Crippen molar-refractivity contribution in [2.45, 2.75) is 31.7 Å². The highest BCUT2D eigenvalue weighted by Gasteiger charge is 2.25. The Morgan fingerprint density at radius 1 is 1.44 bits per heavy atom. The molecule has 1 atom stereocenters. The van der Waals surface area contributed by atoms with E-state index in [9.17, 15) is 23.1 Å². The molecule has 136 valence electrons. The maximum atomic E-state index is 12.4. The highest BCUT2D eigenvalue weighted by molar-refractivity contribution is 7.92. The minimum absolute atomic E-state index is 0.261. The van der Waals surface area contributed by atoms with E-state index < -0.39 is 27.9 Å². The Morgan fingerprint density at radius 3 is 2.76 bits per heavy atom. The number of rotatable bonds is 7. The van der Waals surface area contributed by atoms with Gasteiger partial charge in [0.15, 0.2) is 0 Å². The van der Waals surface area contributed by atoms with E-state index in [1.54, 1.807) is 18.2 Å². The van der Waals surface area contributed by atoms with Crippen LogP contribution < -0.4 is 9.62 Å². The van der Waals surface area contributed by atoms with Crippen molar-refractivity contribution in [3.63, 3.8) is 0 Å². The number of carboxylic acids is 1. The van der Waals surface area contributed by atoms with Crippen LogP contribution >= 0.6 is 0 Å². The summed E-state index contributed by atoms with van der Waals surface area (Å²) in [5.74, 6) is -1.59. The molecule has 7 nitrogen and oxygen atoms in total. The van der Waals surface area contributed by atoms with Gasteiger partial charge in [0.25, 0.3) is 5.91 Å². The third kappa shape index (κ3) is 4.60. The fourth-order valence-corrected chi connectivity index (χ4v) is 3.83. The van der Waals surface area contributed by atoms with Crippen molar-refractivity contribution in [1.29, 1.82) is 0 Å². The van der Waals surface area contributed by atoms with Gasteiger partial charge < -0.3 is 10.4 Å². The maximum absolute atomic E-state index is 12.4. The first-order chi connectivity index (χ1) is 11.7. The van der Waals surface area contributed by atoms with Crippen molar-refractivity contribution >= 4 is 27.6 Å². The molecule has 1 amide bonds. The van der Waals surface area contributed by atoms with Crippen molar-refractivity contribution in [3.8, 4) is 0 Å². The number of allylic oxidation sites excluding steroid dienone is 1. The number of carbonyl (C=O) groups is 2. The van der Waals surface area contributed by atoms with E-state index >= 15 is 0 Å². The summed E-state index contributed by atoms with van der Waals surface area (Å²) < 4.78 is 25.1. The van der Waals surface area contributed by atoms with Gasteiger partial charge >= 0.3 is 5.97 Å². The summed E-state index contributed by atoms with van der Waals surface area (Å²) in [5, 5.41) is 11.7. The molecule has 1 unspecified atom stereocenters. The average Bonchev–Trinajstić information content (AvgIpc) is 2.56. The summed E-state index contributed by atoms with van der Waals surface area (Å²) in [6.45, 7) is 3.96. The molecule has 1 aromatic rings. The van der Waals surface area contributed by atoms with Crippen LogP contribution in [0.2, 0.25) is 0 Å². The minimum atomic E-state index is -3.37. The second-order valence-corrected chi connectivity index (χ2v) is 7.92. The lowest BCUT2D eigenvalue weighted by molar-refractivity contribution is -0.139. The molecule has 0 bridgehead atoms. The van der Waals surface area contributed by atoms with Gasteiger partial charge in [-0.1, -0.05) is 6.08 Å². The van der Waals surface area contributed by atoms with Crippen LogP contribution in [0.15, 0.2) is 30.9 Å². The van der Waals surface area contributed by atoms with E-state index in [1.807, 2.05) is 0 Å². The van der Waals surface area contributed by atoms with Crippen LogP contribution in [0.3, 0.4) is 0 Å². The molecular weight excluding hydrogens is 344 g/mol. The van der Waals surface area contributed by atoms with Crippen LogP contribution in [0, 0.1) is 0 Å². The van der Waals surface area contributed by atoms with Gasteiger partial charge in [0.05, 0.1) is 11.9 Å². The number of sulfonamides is 1. The number of nitrogens with one attached hydrogen (secondary N) is 1. The number of benzene rings is 1. The maximum Gasteiger partial charge on any atom is 0.326 e. The molecule has 0 saturated heterocycles. The molecule has 1 aromatic carbocycles. The number of hydrogen-bond acceptors (Lipinski definition) is 4. The number of anilines is 1. The molecule has 2 N–H and O–H groups in total. The Hall–Kier alpha value is -2.35. The summed E-state index contributed by atoms with van der Waals surface area (Å²) in [4.78, 5) is 23.6. The zero-order valence-corrected chi connectivity index (χ0v) is 14.9. The van der Waals surface area contributed by atoms with Gasteiger partial charge in [-0.2, -0.15) is 0 Å². The fraction of sp³-hybridized carbons (Fsp3) is 0.412. The average molecular weight is 366 g/mol. The lowest BCUT2D eigenvalue weighted by Gasteiger charge is -2.29. The Balaban J connectivity index is 2.22. The number of aryl methyl sites for hydroxylation is 1. The molecule has 1 aliphatic heterocycles. The highest BCUT2D eigenvalue weighted by Crippen LogP contribution is 2.29. The first-order valence-corrected chi connectivity index (χ1v) is 9.84. The standard InChI is InChI=1S/C17H22N2O5S/c1-3-4-7-14(17(21)22)18-16(20)13-8-9-15-12(11-13)6-5-10-19(15)25(2,23)24/h3,8-9,11,14H,1,4-7,10H2,2H3,(H,18,20)(H,21,22). The summed E-state index contributed by atoms with van der Waals surface area (Å²) >= 11 is 0. The van der Waals surface area contributed by atoms with E-state index in [1.165, 1.54) is 10.4 Å². The molecular formula is C17H22N2O5S. The van der Waals surface area contributed by atoms with Crippen molar-refractivity contribution in [2.75, 3.05) is 17.1 Å². The molecule has 0 spiro atoms. The van der Waals surface area contributed by atoms with Gasteiger partial charge in [-0.15, -0.1) is 6.58 Å². The molecule has 0 radical (unpaired) electrons. The first kappa shape index (κ1) is 19.0. The summed E-state index contributed by atoms with van der Waals surface area (Å²) in [7, 11) is -3.37. The molecule has 1 heterocycles. The first-order valence-electron chi connectivity index (χ1n) is 7.99. The predicted octanol–water partition coefficient (Wildman–Crippen LogP) is 1.55. The third-order valence-corrected chi connectivity index (χ3v) is 5.26. The Bertz CT molecular complexity index is 788. The van der Waals surface area contributed by atoms with Crippen LogP contribution in [0.4, 0.5) is 5.69 Å². The summed E-state index contributed by atoms with van der Waals surface area (Å²) in [5.41, 5.74) is 1.66. The van der Waals surface area contributed by atoms with E-state index in [2.05, 4.69) is 11.9 Å². The van der Waals surface area contributed by atoms with Gasteiger partial charge in [-0.05, 0) is 49.4 Å². The molecule has 0 fully saturated rings. The van der Waals surface area contributed by atoms with E-state index in [4.69, 9.17) is 0 Å². The van der Waals surface area contributed by atoms with Crippen LogP contribution in [0.25, 0.3) is 0 Å². The van der Waals surface area contributed by atoms with Gasteiger partial charge in [0.2, 0.25) is 10.0 Å². The monoisotopic (exact) mass is 366 g/mol. The lowest BCUT2D eigenvalue weighted by atomic mass is 10.00. The van der Waals surface area contributed by atoms with Gasteiger partial charge in [-0.25, -0.2) is 13.2 Å². The van der Waals surface area contributed by atoms with Crippen molar-refractivity contribution < 1.29 is 23.1 Å². The summed E-state index contributed by atoms with van der Waals surface area (Å²) in [6, 6.07) is 3.76. The van der Waals surface area contributed by atoms with Gasteiger partial charge in [0, 0.05) is 12.1 Å². The van der Waals surface area contributed by atoms with E-state index in [0.29, 0.717) is 37.1 Å². The number of fused-ring (bicyclic) bond motifs is 1. The quantitative estimate of drug-likeness (QED) is 0.713. The predicted molar refractivity (Wildman–Crippen MR) is 95.3 cm³/mol. The molecule has 25 heavy (non-hydrogen) atoms. The normalized spacial score (nSPS) is 15.2. The SMILES string of the molecule is C=CCCC(NC(=O)c1ccc2c(c1)CCCN2S(C)(=O)=O)C(=O)O. The van der Waals surface area contributed by atoms with Crippen LogP contribution in [-0.2, 0) is 21.2 Å². The number of amides is 1. The molecule has 0 aliphatic carbocycles.